The van der Waals surface area contributed by atoms with Gasteiger partial charge in [-0.2, -0.15) is 0 Å². The van der Waals surface area contributed by atoms with E-state index in [-0.39, 0.29) is 35.5 Å². The highest BCUT2D eigenvalue weighted by Crippen LogP contribution is 2.76. The Labute approximate surface area is 487 Å². The van der Waals surface area contributed by atoms with E-state index in [0.29, 0.717) is 32.1 Å². The van der Waals surface area contributed by atoms with Gasteiger partial charge in [0.1, 0.15) is 90.9 Å². The number of hydrogen-bond acceptors (Lipinski definition) is 25. The van der Waals surface area contributed by atoms with E-state index in [1.807, 2.05) is 0 Å². The third-order valence-corrected chi connectivity index (χ3v) is 22.5. The molecular formula is C58H92O26. The summed E-state index contributed by atoms with van der Waals surface area (Å²) in [4.78, 5) is 27.5. The Kier molecular flexibility index (Phi) is 18.2. The van der Waals surface area contributed by atoms with E-state index in [0.717, 1.165) is 18.4 Å². The Hall–Kier alpha value is -2.20. The van der Waals surface area contributed by atoms with Crippen molar-refractivity contribution in [1.82, 2.24) is 0 Å². The molecule has 31 unspecified atom stereocenters. The van der Waals surface area contributed by atoms with Crippen LogP contribution in [-0.4, -0.2) is 251 Å². The molecule has 0 radical (unpaired) electrons. The fraction of sp³-hybridized carbons (Fsp3) is 0.931. The Morgan fingerprint density at radius 3 is 1.70 bits per heavy atom. The first-order valence-corrected chi connectivity index (χ1v) is 30.0. The van der Waals surface area contributed by atoms with Gasteiger partial charge in [0.25, 0.3) is 0 Å². The first-order chi connectivity index (χ1) is 39.2. The van der Waals surface area contributed by atoms with Crippen LogP contribution in [0.15, 0.2) is 11.6 Å². The lowest BCUT2D eigenvalue weighted by Crippen LogP contribution is -2.68. The summed E-state index contributed by atoms with van der Waals surface area (Å²) in [5, 5.41) is 153. The molecule has 26 heteroatoms. The molecule has 26 nitrogen and oxygen atoms in total. The lowest BCUT2D eigenvalue weighted by atomic mass is 9.33. The number of carbonyl (C=O) groups excluding carboxylic acids is 1. The minimum absolute atomic E-state index is 0.0256. The van der Waals surface area contributed by atoms with Gasteiger partial charge in [-0.15, -0.1) is 0 Å². The topological polar surface area (TPSA) is 410 Å². The molecule has 5 aliphatic heterocycles. The SMILES string of the molecule is CC1OC(OC2C(OC(=O)C34CCC(C)(C)CC3C3=CCC5C6(C)CCC(OC7OC(CC(=O)O)C(O)C(OC8OCC(O)C(O)C8O)C7O)C(C)(C)C6CCC5(C)C3(C)CC4O)OCC(O)C2O)C(O)C(OC2OCC(O)C(O)C2O)C1O. The van der Waals surface area contributed by atoms with Gasteiger partial charge in [-0.1, -0.05) is 60.1 Å². The van der Waals surface area contributed by atoms with Gasteiger partial charge in [-0.05, 0) is 110 Å². The smallest absolute Gasteiger partial charge is 0.317 e. The molecule has 84 heavy (non-hydrogen) atoms. The van der Waals surface area contributed by atoms with Crippen molar-refractivity contribution in [3.8, 4) is 0 Å². The van der Waals surface area contributed by atoms with E-state index in [2.05, 4.69) is 54.5 Å². The number of allylic oxidation sites excluding steroid dienone is 2. The van der Waals surface area contributed by atoms with Gasteiger partial charge >= 0.3 is 11.9 Å². The number of carbonyl (C=O) groups is 2. The van der Waals surface area contributed by atoms with Crippen molar-refractivity contribution >= 4 is 11.9 Å². The molecule has 5 saturated heterocycles. The van der Waals surface area contributed by atoms with Crippen LogP contribution in [0.25, 0.3) is 0 Å². The van der Waals surface area contributed by atoms with Crippen molar-refractivity contribution in [2.45, 2.75) is 267 Å². The van der Waals surface area contributed by atoms with Crippen molar-refractivity contribution in [1.29, 1.82) is 0 Å². The second kappa shape index (κ2) is 23.6. The molecule has 5 aliphatic carbocycles. The minimum Gasteiger partial charge on any atom is -0.481 e. The molecule has 480 valence electrons. The van der Waals surface area contributed by atoms with Crippen molar-refractivity contribution in [3.05, 3.63) is 11.6 Å². The predicted molar refractivity (Wildman–Crippen MR) is 283 cm³/mol. The summed E-state index contributed by atoms with van der Waals surface area (Å²) in [5.41, 5.74) is -2.70. The fourth-order valence-corrected chi connectivity index (χ4v) is 17.4. The summed E-state index contributed by atoms with van der Waals surface area (Å²) in [6.07, 6.45) is -30.9. The molecule has 0 amide bonds. The number of aliphatic carboxylic acids is 1. The quantitative estimate of drug-likeness (QED) is 0.0582. The van der Waals surface area contributed by atoms with Gasteiger partial charge in [-0.3, -0.25) is 9.59 Å². The molecule has 10 aliphatic rings. The summed E-state index contributed by atoms with van der Waals surface area (Å²) in [6.45, 7) is 15.4. The number of hydrogen-bond donors (Lipinski definition) is 14. The number of fused-ring (bicyclic) bond motifs is 7. The highest BCUT2D eigenvalue weighted by atomic mass is 16.8. The maximum atomic E-state index is 15.4. The van der Waals surface area contributed by atoms with Gasteiger partial charge in [-0.25, -0.2) is 0 Å². The maximum Gasteiger partial charge on any atom is 0.317 e. The van der Waals surface area contributed by atoms with E-state index < -0.39 is 213 Å². The molecular weight excluding hydrogens is 1110 g/mol. The monoisotopic (exact) mass is 1200 g/mol. The van der Waals surface area contributed by atoms with Crippen LogP contribution in [-0.2, 0) is 57.0 Å². The van der Waals surface area contributed by atoms with Gasteiger partial charge in [0.2, 0.25) is 6.29 Å². The number of aliphatic hydroxyl groups excluding tert-OH is 13. The largest absolute Gasteiger partial charge is 0.481 e. The van der Waals surface area contributed by atoms with Crippen LogP contribution in [0.4, 0.5) is 0 Å². The molecule has 0 aromatic rings. The molecule has 4 saturated carbocycles. The van der Waals surface area contributed by atoms with Crippen LogP contribution >= 0.6 is 0 Å². The van der Waals surface area contributed by atoms with Crippen LogP contribution in [0.5, 0.6) is 0 Å². The second-order valence-electron chi connectivity index (χ2n) is 28.2. The molecule has 31 atom stereocenters. The Balaban J connectivity index is 0.877. The highest BCUT2D eigenvalue weighted by Gasteiger charge is 2.72. The van der Waals surface area contributed by atoms with Crippen molar-refractivity contribution in [2.75, 3.05) is 19.8 Å². The second-order valence-corrected chi connectivity index (χ2v) is 28.2. The third kappa shape index (κ3) is 10.8. The number of rotatable bonds is 12. The normalized spacial score (nSPS) is 53.7. The first-order valence-electron chi connectivity index (χ1n) is 30.0. The first kappa shape index (κ1) is 64.8. The zero-order valence-electron chi connectivity index (χ0n) is 49.0. The van der Waals surface area contributed by atoms with E-state index in [4.69, 9.17) is 47.4 Å². The van der Waals surface area contributed by atoms with Crippen molar-refractivity contribution in [2.24, 2.45) is 50.2 Å². The predicted octanol–water partition coefficient (Wildman–Crippen LogP) is -1.81. The molecule has 0 bridgehead atoms. The van der Waals surface area contributed by atoms with Gasteiger partial charge < -0.3 is 119 Å². The van der Waals surface area contributed by atoms with Gasteiger partial charge in [0.15, 0.2) is 31.3 Å². The molecule has 0 aromatic heterocycles. The molecule has 14 N–H and O–H groups in total. The van der Waals surface area contributed by atoms with E-state index >= 15 is 4.79 Å². The number of ether oxygens (including phenoxy) is 10. The number of esters is 1. The molecule has 10 rings (SSSR count). The van der Waals surface area contributed by atoms with Crippen LogP contribution < -0.4 is 0 Å². The van der Waals surface area contributed by atoms with Gasteiger partial charge in [0.05, 0.1) is 50.7 Å². The Bertz CT molecular complexity index is 2400. The van der Waals surface area contributed by atoms with Crippen LogP contribution in [0.3, 0.4) is 0 Å². The average Bonchev–Trinajstić information content (AvgIpc) is 0.709. The zero-order valence-corrected chi connectivity index (χ0v) is 49.0. The number of carboxylic acid groups (broad SMARTS) is 1. The van der Waals surface area contributed by atoms with Crippen molar-refractivity contribution < 1.29 is 128 Å². The summed E-state index contributed by atoms with van der Waals surface area (Å²) < 4.78 is 59.4. The molecule has 0 spiro atoms. The summed E-state index contributed by atoms with van der Waals surface area (Å²) in [6, 6.07) is 0. The van der Waals surface area contributed by atoms with E-state index in [1.54, 1.807) is 0 Å². The average molecular weight is 1210 g/mol. The lowest BCUT2D eigenvalue weighted by Gasteiger charge is -2.71. The minimum atomic E-state index is -1.88. The summed E-state index contributed by atoms with van der Waals surface area (Å²) in [5.74, 6) is -2.53. The molecule has 0 aromatic carbocycles. The molecule has 9 fully saturated rings. The van der Waals surface area contributed by atoms with Crippen molar-refractivity contribution in [3.63, 3.8) is 0 Å². The maximum absolute atomic E-state index is 15.4. The summed E-state index contributed by atoms with van der Waals surface area (Å²) in [7, 11) is 0. The number of carboxylic acids is 1. The Morgan fingerprint density at radius 2 is 1.11 bits per heavy atom. The summed E-state index contributed by atoms with van der Waals surface area (Å²) >= 11 is 0. The van der Waals surface area contributed by atoms with E-state index in [9.17, 15) is 76.3 Å². The van der Waals surface area contributed by atoms with Gasteiger partial charge in [0, 0.05) is 0 Å². The van der Waals surface area contributed by atoms with Crippen LogP contribution in [0.1, 0.15) is 120 Å². The van der Waals surface area contributed by atoms with Crippen LogP contribution in [0.2, 0.25) is 0 Å². The molecule has 5 heterocycles. The lowest BCUT2D eigenvalue weighted by molar-refractivity contribution is -0.370. The Morgan fingerprint density at radius 1 is 0.560 bits per heavy atom. The standard InChI is InChI=1S/C58H92O26/c1-23-35(65)44(81-47-40(70)36(66)26(59)20-75-47)42(72)49(78-23)83-46-38(68)28(61)22-77-51(46)84-52(74)58-16-15-53(2,3)18-25(58)24-9-10-31-55(6)13-12-33(54(4,5)30(55)11-14-56(31,7)57(24,8)19-32(58)62)80-50-43(73)45(39(69)29(79-50)17-34(63)64)82-48-41(71)37(67)27(60)21-76-48/h9,23,25-33,35-51,59-62,65-73H,10-22H2,1-8H3,(H,63,64). The van der Waals surface area contributed by atoms with Crippen LogP contribution in [0, 0.1) is 50.2 Å². The third-order valence-electron chi connectivity index (χ3n) is 22.5. The zero-order chi connectivity index (χ0) is 61.3. The highest BCUT2D eigenvalue weighted by molar-refractivity contribution is 5.80. The van der Waals surface area contributed by atoms with E-state index in [1.165, 1.54) is 6.92 Å². The fourth-order valence-electron chi connectivity index (χ4n) is 17.4. The number of aliphatic hydroxyl groups is 13.